The molecule has 1 aliphatic heterocycles. The van der Waals surface area contributed by atoms with Gasteiger partial charge in [-0.05, 0) is 44.2 Å². The third-order valence-corrected chi connectivity index (χ3v) is 6.47. The number of hydrogen-bond acceptors (Lipinski definition) is 4. The number of hydrogen-bond donors (Lipinski definition) is 0. The van der Waals surface area contributed by atoms with Crippen molar-refractivity contribution in [3.63, 3.8) is 0 Å². The van der Waals surface area contributed by atoms with Crippen LogP contribution in [0.3, 0.4) is 0 Å². The van der Waals surface area contributed by atoms with Crippen molar-refractivity contribution in [1.29, 1.82) is 0 Å². The average Bonchev–Trinajstić information content (AvgIpc) is 3.10. The molecule has 0 N–H and O–H groups in total. The van der Waals surface area contributed by atoms with E-state index in [1.165, 1.54) is 11.1 Å². The summed E-state index contributed by atoms with van der Waals surface area (Å²) in [7, 11) is 0. The van der Waals surface area contributed by atoms with Crippen LogP contribution in [0.15, 0.2) is 47.7 Å². The predicted octanol–water partition coefficient (Wildman–Crippen LogP) is 4.21. The maximum atomic E-state index is 13.3. The maximum Gasteiger partial charge on any atom is 0.249 e. The molecule has 5 nitrogen and oxygen atoms in total. The molecule has 1 aromatic heterocycles. The molecule has 2 bridgehead atoms. The lowest BCUT2D eigenvalue weighted by Gasteiger charge is -2.69. The van der Waals surface area contributed by atoms with E-state index in [-0.39, 0.29) is 22.8 Å². The summed E-state index contributed by atoms with van der Waals surface area (Å²) in [6.07, 6.45) is 7.18. The van der Waals surface area contributed by atoms with Crippen LogP contribution in [0.25, 0.3) is 0 Å². The number of benzene rings is 1. The Morgan fingerprint density at radius 1 is 1.18 bits per heavy atom. The zero-order valence-electron chi connectivity index (χ0n) is 16.4. The van der Waals surface area contributed by atoms with Crippen molar-refractivity contribution in [1.82, 2.24) is 9.99 Å². The summed E-state index contributed by atoms with van der Waals surface area (Å²) in [5.41, 5.74) is 3.42. The van der Waals surface area contributed by atoms with E-state index in [1.54, 1.807) is 5.01 Å². The number of nitrogens with zero attached hydrogens (tertiary/aromatic N) is 3. The van der Waals surface area contributed by atoms with Crippen LogP contribution < -0.4 is 4.74 Å². The van der Waals surface area contributed by atoms with Crippen molar-refractivity contribution in [2.45, 2.75) is 45.6 Å². The lowest BCUT2D eigenvalue weighted by atomic mass is 9.35. The molecule has 144 valence electrons. The molecule has 6 rings (SSSR count). The molecule has 3 saturated carbocycles. The molecule has 1 amide bonds. The first-order chi connectivity index (χ1) is 13.5. The van der Waals surface area contributed by atoms with Gasteiger partial charge in [0.15, 0.2) is 0 Å². The number of carbonyl (C=O) groups is 1. The van der Waals surface area contributed by atoms with Gasteiger partial charge in [-0.3, -0.25) is 4.79 Å². The zero-order valence-corrected chi connectivity index (χ0v) is 16.4. The van der Waals surface area contributed by atoms with Crippen LogP contribution in [0.4, 0.5) is 0 Å². The summed E-state index contributed by atoms with van der Waals surface area (Å²) >= 11 is 0. The minimum Gasteiger partial charge on any atom is -0.477 e. The van der Waals surface area contributed by atoms with E-state index >= 15 is 0 Å². The minimum atomic E-state index is -0.228. The Bertz CT molecular complexity index is 931. The standard InChI is InChI=1S/C23H25N3O2/c1-16-4-3-5-18(10-16)19-8-9-25-26(19)21(27)23-12-22(13-23,14-23)15-28-20-7-6-17(2)11-24-20/h3-7,9-11,19H,8,12-15H2,1-2H3. The van der Waals surface area contributed by atoms with Gasteiger partial charge in [0.1, 0.15) is 0 Å². The lowest BCUT2D eigenvalue weighted by Crippen LogP contribution is -2.69. The van der Waals surface area contributed by atoms with Crippen LogP contribution in [0.5, 0.6) is 5.88 Å². The fourth-order valence-corrected chi connectivity index (χ4v) is 5.15. The van der Waals surface area contributed by atoms with Gasteiger partial charge < -0.3 is 4.74 Å². The third-order valence-electron chi connectivity index (χ3n) is 6.47. The number of ether oxygens (including phenoxy) is 1. The number of pyridine rings is 1. The van der Waals surface area contributed by atoms with Crippen LogP contribution in [0.1, 0.15) is 48.4 Å². The number of aryl methyl sites for hydroxylation is 2. The molecule has 2 aromatic rings. The quantitative estimate of drug-likeness (QED) is 0.787. The van der Waals surface area contributed by atoms with E-state index in [0.717, 1.165) is 31.2 Å². The average molecular weight is 375 g/mol. The fourth-order valence-electron chi connectivity index (χ4n) is 5.15. The molecular formula is C23H25N3O2. The Balaban J connectivity index is 1.22. The van der Waals surface area contributed by atoms with Gasteiger partial charge in [-0.15, -0.1) is 0 Å². The second-order valence-electron chi connectivity index (χ2n) is 8.89. The highest BCUT2D eigenvalue weighted by molar-refractivity contribution is 5.88. The summed E-state index contributed by atoms with van der Waals surface area (Å²) in [6, 6.07) is 12.3. The van der Waals surface area contributed by atoms with Crippen molar-refractivity contribution >= 4 is 12.1 Å². The molecule has 0 radical (unpaired) electrons. The predicted molar refractivity (Wildman–Crippen MR) is 107 cm³/mol. The molecule has 0 spiro atoms. The molecule has 28 heavy (non-hydrogen) atoms. The molecule has 3 aliphatic carbocycles. The second-order valence-corrected chi connectivity index (χ2v) is 8.89. The van der Waals surface area contributed by atoms with Crippen LogP contribution >= 0.6 is 0 Å². The number of amides is 1. The van der Waals surface area contributed by atoms with E-state index in [2.05, 4.69) is 41.3 Å². The summed E-state index contributed by atoms with van der Waals surface area (Å²) in [5.74, 6) is 0.849. The molecule has 1 atom stereocenters. The monoisotopic (exact) mass is 375 g/mol. The Kier molecular flexibility index (Phi) is 3.83. The highest BCUT2D eigenvalue weighted by Gasteiger charge is 2.72. The molecule has 0 saturated heterocycles. The van der Waals surface area contributed by atoms with E-state index in [1.807, 2.05) is 31.5 Å². The number of aromatic nitrogens is 1. The highest BCUT2D eigenvalue weighted by atomic mass is 16.5. The SMILES string of the molecule is Cc1ccc(OCC23CC(C(=O)N4N=CCC4c4cccc(C)c4)(C2)C3)nc1. The summed E-state index contributed by atoms with van der Waals surface area (Å²) < 4.78 is 5.89. The van der Waals surface area contributed by atoms with E-state index in [0.29, 0.717) is 12.5 Å². The number of carbonyl (C=O) groups excluding carboxylic acids is 1. The summed E-state index contributed by atoms with van der Waals surface area (Å²) in [4.78, 5) is 17.6. The van der Waals surface area contributed by atoms with Crippen molar-refractivity contribution < 1.29 is 9.53 Å². The van der Waals surface area contributed by atoms with Gasteiger partial charge in [-0.25, -0.2) is 9.99 Å². The summed E-state index contributed by atoms with van der Waals surface area (Å²) in [6.45, 7) is 4.74. The van der Waals surface area contributed by atoms with Gasteiger partial charge in [0.05, 0.1) is 18.1 Å². The largest absolute Gasteiger partial charge is 0.477 e. The molecular weight excluding hydrogens is 350 g/mol. The Morgan fingerprint density at radius 2 is 2.00 bits per heavy atom. The van der Waals surface area contributed by atoms with E-state index in [4.69, 9.17) is 4.74 Å². The minimum absolute atomic E-state index is 0.0328. The second kappa shape index (κ2) is 6.16. The maximum absolute atomic E-state index is 13.3. The molecule has 1 aromatic carbocycles. The van der Waals surface area contributed by atoms with Gasteiger partial charge in [0.25, 0.3) is 0 Å². The van der Waals surface area contributed by atoms with Crippen LogP contribution in [-0.2, 0) is 4.79 Å². The highest BCUT2D eigenvalue weighted by Crippen LogP contribution is 2.74. The Labute approximate surface area is 165 Å². The van der Waals surface area contributed by atoms with Gasteiger partial charge in [0, 0.05) is 30.3 Å². The first-order valence-electron chi connectivity index (χ1n) is 9.97. The van der Waals surface area contributed by atoms with Crippen molar-refractivity contribution in [2.75, 3.05) is 6.61 Å². The fraction of sp³-hybridized carbons (Fsp3) is 0.435. The molecule has 5 heteroatoms. The van der Waals surface area contributed by atoms with Gasteiger partial charge >= 0.3 is 0 Å². The van der Waals surface area contributed by atoms with Gasteiger partial charge in [-0.1, -0.05) is 35.9 Å². The number of rotatable bonds is 5. The van der Waals surface area contributed by atoms with Crippen LogP contribution in [-0.4, -0.2) is 28.7 Å². The molecule has 2 heterocycles. The van der Waals surface area contributed by atoms with Crippen LogP contribution in [0, 0.1) is 24.7 Å². The lowest BCUT2D eigenvalue weighted by molar-refractivity contribution is -0.227. The van der Waals surface area contributed by atoms with Crippen molar-refractivity contribution in [2.24, 2.45) is 15.9 Å². The number of hydrazone groups is 1. The molecule has 3 fully saturated rings. The van der Waals surface area contributed by atoms with Gasteiger partial charge in [0.2, 0.25) is 11.8 Å². The van der Waals surface area contributed by atoms with E-state index < -0.39 is 0 Å². The van der Waals surface area contributed by atoms with Crippen molar-refractivity contribution in [3.8, 4) is 5.88 Å². The molecule has 1 unspecified atom stereocenters. The third kappa shape index (κ3) is 2.72. The first-order valence-corrected chi connectivity index (χ1v) is 9.97. The van der Waals surface area contributed by atoms with Gasteiger partial charge in [-0.2, -0.15) is 5.10 Å². The Hall–Kier alpha value is -2.69. The normalized spacial score (nSPS) is 29.9. The van der Waals surface area contributed by atoms with Crippen LogP contribution in [0.2, 0.25) is 0 Å². The topological polar surface area (TPSA) is 54.8 Å². The Morgan fingerprint density at radius 3 is 2.71 bits per heavy atom. The smallest absolute Gasteiger partial charge is 0.249 e. The first kappa shape index (κ1) is 17.4. The molecule has 4 aliphatic rings. The van der Waals surface area contributed by atoms with Crippen molar-refractivity contribution in [3.05, 3.63) is 59.3 Å². The summed E-state index contributed by atoms with van der Waals surface area (Å²) in [5, 5.41) is 6.17. The van der Waals surface area contributed by atoms with E-state index in [9.17, 15) is 4.79 Å². The zero-order chi connectivity index (χ0) is 19.4.